The molecule has 1 unspecified atom stereocenters. The van der Waals surface area contributed by atoms with E-state index in [4.69, 9.17) is 9.15 Å². The van der Waals surface area contributed by atoms with Gasteiger partial charge in [-0.3, -0.25) is 9.78 Å². The Morgan fingerprint density at radius 3 is 2.56 bits per heavy atom. The van der Waals surface area contributed by atoms with E-state index in [0.29, 0.717) is 5.56 Å². The zero-order valence-electron chi connectivity index (χ0n) is 14.4. The van der Waals surface area contributed by atoms with E-state index in [9.17, 15) is 14.7 Å². The number of carboxylic acids is 1. The number of hydrogen-bond donors (Lipinski definition) is 2. The third kappa shape index (κ3) is 5.02. The summed E-state index contributed by atoms with van der Waals surface area (Å²) in [7, 11) is 0. The monoisotopic (exact) mass is 366 g/mol. The quantitative estimate of drug-likeness (QED) is 0.636. The average molecular weight is 366 g/mol. The normalized spacial score (nSPS) is 11.7. The Hall–Kier alpha value is -3.45. The molecular weight excluding hydrogens is 348 g/mol. The van der Waals surface area contributed by atoms with Gasteiger partial charge in [-0.25, -0.2) is 4.79 Å². The number of rotatable bonds is 8. The molecule has 0 aliphatic heterocycles. The van der Waals surface area contributed by atoms with Crippen LogP contribution in [0.4, 0.5) is 0 Å². The summed E-state index contributed by atoms with van der Waals surface area (Å²) in [6.45, 7) is 0.0985. The lowest BCUT2D eigenvalue weighted by Gasteiger charge is -2.14. The van der Waals surface area contributed by atoms with Crippen molar-refractivity contribution in [1.82, 2.24) is 10.3 Å². The minimum atomic E-state index is -1.18. The summed E-state index contributed by atoms with van der Waals surface area (Å²) in [6, 6.07) is 13.3. The molecule has 0 radical (unpaired) electrons. The van der Waals surface area contributed by atoms with Gasteiger partial charge in [0, 0.05) is 18.0 Å². The van der Waals surface area contributed by atoms with Gasteiger partial charge in [0.1, 0.15) is 0 Å². The molecule has 0 fully saturated rings. The standard InChI is InChI=1S/C20H18N2O5/c23-19(18-10-16(12-27-18)15-6-8-21-9-7-15)22-17(20(24)25)13-26-11-14-4-2-1-3-5-14/h1-10,12,17H,11,13H2,(H,22,23)(H,24,25). The smallest absolute Gasteiger partial charge is 0.328 e. The van der Waals surface area contributed by atoms with Crippen molar-refractivity contribution in [1.29, 1.82) is 0 Å². The molecule has 0 spiro atoms. The van der Waals surface area contributed by atoms with E-state index in [1.165, 1.54) is 6.26 Å². The Labute approximate surface area is 155 Å². The minimum absolute atomic E-state index is 0.0242. The number of benzene rings is 1. The molecule has 0 aliphatic rings. The van der Waals surface area contributed by atoms with Crippen LogP contribution in [0.15, 0.2) is 71.6 Å². The number of pyridine rings is 1. The van der Waals surface area contributed by atoms with Crippen LogP contribution in [0.2, 0.25) is 0 Å². The molecule has 1 atom stereocenters. The van der Waals surface area contributed by atoms with Crippen molar-refractivity contribution < 1.29 is 23.8 Å². The zero-order valence-corrected chi connectivity index (χ0v) is 14.4. The lowest BCUT2D eigenvalue weighted by molar-refractivity contribution is -0.141. The molecule has 3 aromatic rings. The number of carboxylic acid groups (broad SMARTS) is 1. The van der Waals surface area contributed by atoms with Gasteiger partial charge in [0.05, 0.1) is 19.5 Å². The van der Waals surface area contributed by atoms with Gasteiger partial charge in [-0.05, 0) is 29.3 Å². The van der Waals surface area contributed by atoms with Crippen LogP contribution in [-0.2, 0) is 16.1 Å². The maximum atomic E-state index is 12.3. The second-order valence-electron chi connectivity index (χ2n) is 5.80. The first-order valence-corrected chi connectivity index (χ1v) is 8.28. The molecule has 0 saturated heterocycles. The Bertz CT molecular complexity index is 893. The Balaban J connectivity index is 1.58. The summed E-state index contributed by atoms with van der Waals surface area (Å²) >= 11 is 0. The molecule has 1 amide bonds. The van der Waals surface area contributed by atoms with Crippen LogP contribution in [0.5, 0.6) is 0 Å². The van der Waals surface area contributed by atoms with Crippen molar-refractivity contribution in [2.75, 3.05) is 6.61 Å². The molecule has 7 nitrogen and oxygen atoms in total. The SMILES string of the molecule is O=C(NC(COCc1ccccc1)C(=O)O)c1cc(-c2ccncc2)co1. The van der Waals surface area contributed by atoms with Crippen LogP contribution < -0.4 is 5.32 Å². The van der Waals surface area contributed by atoms with Gasteiger partial charge in [0.15, 0.2) is 11.8 Å². The van der Waals surface area contributed by atoms with Crippen LogP contribution >= 0.6 is 0 Å². The molecule has 7 heteroatoms. The van der Waals surface area contributed by atoms with Crippen LogP contribution in [0.1, 0.15) is 16.1 Å². The topological polar surface area (TPSA) is 102 Å². The number of nitrogens with one attached hydrogen (secondary N) is 1. The highest BCUT2D eigenvalue weighted by Gasteiger charge is 2.23. The first-order valence-electron chi connectivity index (χ1n) is 8.28. The Kier molecular flexibility index (Phi) is 5.96. The predicted molar refractivity (Wildman–Crippen MR) is 96.9 cm³/mol. The summed E-state index contributed by atoms with van der Waals surface area (Å²) in [5.74, 6) is -1.78. The van der Waals surface area contributed by atoms with E-state index >= 15 is 0 Å². The fourth-order valence-corrected chi connectivity index (χ4v) is 2.42. The number of carbonyl (C=O) groups excluding carboxylic acids is 1. The maximum absolute atomic E-state index is 12.3. The molecule has 0 saturated carbocycles. The fourth-order valence-electron chi connectivity index (χ4n) is 2.42. The van der Waals surface area contributed by atoms with Crippen molar-refractivity contribution >= 4 is 11.9 Å². The van der Waals surface area contributed by atoms with E-state index in [-0.39, 0.29) is 19.0 Å². The number of ether oxygens (including phenoxy) is 1. The maximum Gasteiger partial charge on any atom is 0.328 e. The number of carbonyl (C=O) groups is 2. The number of nitrogens with zero attached hydrogens (tertiary/aromatic N) is 1. The Morgan fingerprint density at radius 1 is 1.11 bits per heavy atom. The third-order valence-corrected chi connectivity index (χ3v) is 3.84. The van der Waals surface area contributed by atoms with Crippen molar-refractivity contribution in [2.24, 2.45) is 0 Å². The number of aromatic nitrogens is 1. The molecule has 138 valence electrons. The summed E-state index contributed by atoms with van der Waals surface area (Å²) in [4.78, 5) is 27.6. The molecule has 0 aliphatic carbocycles. The highest BCUT2D eigenvalue weighted by Crippen LogP contribution is 2.21. The average Bonchev–Trinajstić information content (AvgIpc) is 3.19. The van der Waals surface area contributed by atoms with Crippen molar-refractivity contribution in [2.45, 2.75) is 12.6 Å². The Morgan fingerprint density at radius 2 is 1.85 bits per heavy atom. The van der Waals surface area contributed by atoms with E-state index in [1.807, 2.05) is 30.3 Å². The zero-order chi connectivity index (χ0) is 19.1. The number of hydrogen-bond acceptors (Lipinski definition) is 5. The molecular formula is C20H18N2O5. The lowest BCUT2D eigenvalue weighted by Crippen LogP contribution is -2.43. The van der Waals surface area contributed by atoms with Gasteiger partial charge in [-0.15, -0.1) is 0 Å². The van der Waals surface area contributed by atoms with Gasteiger partial charge in [-0.2, -0.15) is 0 Å². The first-order chi connectivity index (χ1) is 13.1. The number of furan rings is 1. The number of aliphatic carboxylic acids is 1. The van der Waals surface area contributed by atoms with Crippen LogP contribution in [0, 0.1) is 0 Å². The highest BCUT2D eigenvalue weighted by molar-refractivity contribution is 5.95. The molecule has 2 N–H and O–H groups in total. The third-order valence-electron chi connectivity index (χ3n) is 3.84. The molecule has 3 rings (SSSR count). The molecule has 2 heterocycles. The van der Waals surface area contributed by atoms with Gasteiger partial charge in [-0.1, -0.05) is 30.3 Å². The van der Waals surface area contributed by atoms with E-state index in [0.717, 1.165) is 11.1 Å². The molecule has 2 aromatic heterocycles. The van der Waals surface area contributed by atoms with Crippen molar-refractivity contribution in [3.8, 4) is 11.1 Å². The molecule has 1 aromatic carbocycles. The number of amides is 1. The second-order valence-corrected chi connectivity index (χ2v) is 5.80. The second kappa shape index (κ2) is 8.77. The minimum Gasteiger partial charge on any atom is -0.480 e. The van der Waals surface area contributed by atoms with Gasteiger partial charge >= 0.3 is 5.97 Å². The van der Waals surface area contributed by atoms with E-state index in [1.54, 1.807) is 30.6 Å². The predicted octanol–water partition coefficient (Wildman–Crippen LogP) is 2.74. The fraction of sp³-hybridized carbons (Fsp3) is 0.150. The van der Waals surface area contributed by atoms with E-state index < -0.39 is 17.9 Å². The van der Waals surface area contributed by atoms with E-state index in [2.05, 4.69) is 10.3 Å². The molecule has 0 bridgehead atoms. The lowest BCUT2D eigenvalue weighted by atomic mass is 10.1. The first kappa shape index (κ1) is 18.3. The van der Waals surface area contributed by atoms with Gasteiger partial charge in [0.2, 0.25) is 0 Å². The van der Waals surface area contributed by atoms with Crippen molar-refractivity contribution in [3.05, 3.63) is 78.5 Å². The van der Waals surface area contributed by atoms with Gasteiger partial charge in [0.25, 0.3) is 5.91 Å². The van der Waals surface area contributed by atoms with Crippen LogP contribution in [0.25, 0.3) is 11.1 Å². The van der Waals surface area contributed by atoms with Crippen molar-refractivity contribution in [3.63, 3.8) is 0 Å². The van der Waals surface area contributed by atoms with Crippen LogP contribution in [-0.4, -0.2) is 34.6 Å². The summed E-state index contributed by atoms with van der Waals surface area (Å²) in [6.07, 6.45) is 4.70. The highest BCUT2D eigenvalue weighted by atomic mass is 16.5. The summed E-state index contributed by atoms with van der Waals surface area (Å²) in [5.41, 5.74) is 2.46. The van der Waals surface area contributed by atoms with Gasteiger partial charge < -0.3 is 19.6 Å². The largest absolute Gasteiger partial charge is 0.480 e. The summed E-state index contributed by atoms with van der Waals surface area (Å²) in [5, 5.41) is 11.7. The van der Waals surface area contributed by atoms with Crippen LogP contribution in [0.3, 0.4) is 0 Å². The summed E-state index contributed by atoms with van der Waals surface area (Å²) < 4.78 is 10.7. The molecule has 27 heavy (non-hydrogen) atoms.